The second-order valence-electron chi connectivity index (χ2n) is 2.57. The van der Waals surface area contributed by atoms with Gasteiger partial charge in [-0.05, 0) is 0 Å². The minimum absolute atomic E-state index is 0.0756. The van der Waals surface area contributed by atoms with Gasteiger partial charge in [0.05, 0.1) is 18.7 Å². The van der Waals surface area contributed by atoms with Gasteiger partial charge in [-0.3, -0.25) is 4.79 Å². The lowest BCUT2D eigenvalue weighted by Crippen LogP contribution is -2.46. The zero-order chi connectivity index (χ0) is 11.0. The number of ether oxygens (including phenoxy) is 1. The molecule has 0 aliphatic heterocycles. The highest BCUT2D eigenvalue weighted by molar-refractivity contribution is 5.82. The van der Waals surface area contributed by atoms with Crippen LogP contribution in [0.2, 0.25) is 0 Å². The van der Waals surface area contributed by atoms with Crippen molar-refractivity contribution in [2.45, 2.75) is 6.04 Å². The van der Waals surface area contributed by atoms with Crippen molar-refractivity contribution in [2.75, 3.05) is 26.8 Å². The summed E-state index contributed by atoms with van der Waals surface area (Å²) in [5.41, 5.74) is 5.45. The molecule has 1 atom stereocenters. The first kappa shape index (κ1) is 12.4. The number of nitriles is 2. The van der Waals surface area contributed by atoms with Gasteiger partial charge < -0.3 is 15.4 Å². The zero-order valence-electron chi connectivity index (χ0n) is 7.93. The van der Waals surface area contributed by atoms with Gasteiger partial charge in [-0.1, -0.05) is 0 Å². The Morgan fingerprint density at radius 1 is 1.50 bits per heavy atom. The number of nitrogens with two attached hydrogens (primary N) is 1. The van der Waals surface area contributed by atoms with Crippen LogP contribution in [0.25, 0.3) is 0 Å². The molecule has 2 N–H and O–H groups in total. The number of rotatable bonds is 5. The van der Waals surface area contributed by atoms with Gasteiger partial charge in [-0.15, -0.1) is 0 Å². The molecule has 0 aromatic rings. The van der Waals surface area contributed by atoms with Gasteiger partial charge in [0, 0.05) is 7.11 Å². The van der Waals surface area contributed by atoms with Crippen LogP contribution in [-0.4, -0.2) is 43.7 Å². The minimum atomic E-state index is -0.818. The van der Waals surface area contributed by atoms with Gasteiger partial charge in [0.25, 0.3) is 0 Å². The number of carbonyl (C=O) groups is 1. The standard InChI is InChI=1S/C8H12N4O2/c1-14-6-7(11)8(13)12(4-2-9)5-3-10/h7H,4-6,11H2,1H3. The van der Waals surface area contributed by atoms with Crippen molar-refractivity contribution in [1.29, 1.82) is 10.5 Å². The number of methoxy groups -OCH3 is 1. The average molecular weight is 196 g/mol. The molecule has 0 aliphatic rings. The van der Waals surface area contributed by atoms with Crippen LogP contribution in [0, 0.1) is 22.7 Å². The van der Waals surface area contributed by atoms with Crippen LogP contribution < -0.4 is 5.73 Å². The maximum absolute atomic E-state index is 11.4. The predicted octanol–water partition coefficient (Wildman–Crippen LogP) is -1.16. The third kappa shape index (κ3) is 3.85. The van der Waals surface area contributed by atoms with E-state index in [9.17, 15) is 4.79 Å². The molecule has 0 heterocycles. The molecule has 1 amide bonds. The predicted molar refractivity (Wildman–Crippen MR) is 47.7 cm³/mol. The summed E-state index contributed by atoms with van der Waals surface area (Å²) < 4.78 is 4.69. The fourth-order valence-electron chi connectivity index (χ4n) is 0.868. The molecule has 0 aliphatic carbocycles. The Balaban J connectivity index is 4.29. The lowest BCUT2D eigenvalue weighted by atomic mass is 10.3. The van der Waals surface area contributed by atoms with Crippen LogP contribution in [-0.2, 0) is 9.53 Å². The quantitative estimate of drug-likeness (QED) is 0.558. The molecule has 0 rings (SSSR count). The van der Waals surface area contributed by atoms with E-state index < -0.39 is 11.9 Å². The van der Waals surface area contributed by atoms with Crippen LogP contribution in [0.1, 0.15) is 0 Å². The summed E-state index contributed by atoms with van der Waals surface area (Å²) in [6.45, 7) is -0.195. The zero-order valence-corrected chi connectivity index (χ0v) is 7.93. The van der Waals surface area contributed by atoms with Gasteiger partial charge >= 0.3 is 0 Å². The minimum Gasteiger partial charge on any atom is -0.383 e. The van der Waals surface area contributed by atoms with E-state index in [0.717, 1.165) is 4.90 Å². The van der Waals surface area contributed by atoms with E-state index in [-0.39, 0.29) is 19.7 Å². The summed E-state index contributed by atoms with van der Waals surface area (Å²) in [5, 5.41) is 16.8. The van der Waals surface area contributed by atoms with Crippen molar-refractivity contribution in [3.63, 3.8) is 0 Å². The molecule has 0 aromatic heterocycles. The van der Waals surface area contributed by atoms with Crippen molar-refractivity contribution >= 4 is 5.91 Å². The van der Waals surface area contributed by atoms with Gasteiger partial charge in [0.1, 0.15) is 19.1 Å². The van der Waals surface area contributed by atoms with Crippen molar-refractivity contribution < 1.29 is 9.53 Å². The van der Waals surface area contributed by atoms with Crippen LogP contribution in [0.3, 0.4) is 0 Å². The molecule has 6 heteroatoms. The first-order valence-electron chi connectivity index (χ1n) is 3.94. The Kier molecular flexibility index (Phi) is 6.04. The summed E-state index contributed by atoms with van der Waals surface area (Å²) in [7, 11) is 1.42. The lowest BCUT2D eigenvalue weighted by Gasteiger charge is -2.19. The molecule has 0 aromatic carbocycles. The van der Waals surface area contributed by atoms with Crippen molar-refractivity contribution in [3.8, 4) is 12.1 Å². The number of amides is 1. The summed E-state index contributed by atoms with van der Waals surface area (Å²) in [5.74, 6) is -0.449. The molecule has 6 nitrogen and oxygen atoms in total. The molecular weight excluding hydrogens is 184 g/mol. The summed E-state index contributed by atoms with van der Waals surface area (Å²) in [6.07, 6.45) is 0. The van der Waals surface area contributed by atoms with Crippen LogP contribution in [0.15, 0.2) is 0 Å². The Hall–Kier alpha value is -1.63. The topological polar surface area (TPSA) is 103 Å². The Bertz CT molecular complexity index is 249. The lowest BCUT2D eigenvalue weighted by molar-refractivity contribution is -0.132. The molecule has 0 bridgehead atoms. The third-order valence-electron chi connectivity index (χ3n) is 1.50. The molecule has 0 fully saturated rings. The van der Waals surface area contributed by atoms with Crippen LogP contribution >= 0.6 is 0 Å². The number of hydrogen-bond acceptors (Lipinski definition) is 5. The van der Waals surface area contributed by atoms with Gasteiger partial charge in [-0.25, -0.2) is 0 Å². The molecule has 1 unspecified atom stereocenters. The Morgan fingerprint density at radius 2 is 2.00 bits per heavy atom. The van der Waals surface area contributed by atoms with Crippen molar-refractivity contribution in [1.82, 2.24) is 4.90 Å². The van der Waals surface area contributed by atoms with Crippen molar-refractivity contribution in [2.24, 2.45) is 5.73 Å². The Morgan fingerprint density at radius 3 is 2.36 bits per heavy atom. The summed E-state index contributed by atoms with van der Waals surface area (Å²) >= 11 is 0. The molecule has 0 saturated heterocycles. The highest BCUT2D eigenvalue weighted by Crippen LogP contribution is 1.93. The second-order valence-corrected chi connectivity index (χ2v) is 2.57. The fraction of sp³-hybridized carbons (Fsp3) is 0.625. The first-order valence-corrected chi connectivity index (χ1v) is 3.94. The largest absolute Gasteiger partial charge is 0.383 e. The normalized spacial score (nSPS) is 11.1. The number of carbonyl (C=O) groups excluding carboxylic acids is 1. The van der Waals surface area contributed by atoms with E-state index in [1.165, 1.54) is 7.11 Å². The second kappa shape index (κ2) is 6.84. The van der Waals surface area contributed by atoms with E-state index in [2.05, 4.69) is 0 Å². The molecule has 14 heavy (non-hydrogen) atoms. The van der Waals surface area contributed by atoms with E-state index >= 15 is 0 Å². The average Bonchev–Trinajstić information content (AvgIpc) is 2.17. The van der Waals surface area contributed by atoms with Gasteiger partial charge in [-0.2, -0.15) is 10.5 Å². The van der Waals surface area contributed by atoms with E-state index in [1.54, 1.807) is 12.1 Å². The molecule has 0 radical (unpaired) electrons. The Labute approximate surface area is 82.5 Å². The highest BCUT2D eigenvalue weighted by atomic mass is 16.5. The maximum atomic E-state index is 11.4. The van der Waals surface area contributed by atoms with Crippen molar-refractivity contribution in [3.05, 3.63) is 0 Å². The molecule has 0 spiro atoms. The molecule has 0 saturated carbocycles. The monoisotopic (exact) mass is 196 g/mol. The molecular formula is C8H12N4O2. The van der Waals surface area contributed by atoms with E-state index in [1.807, 2.05) is 0 Å². The maximum Gasteiger partial charge on any atom is 0.243 e. The van der Waals surface area contributed by atoms with Gasteiger partial charge in [0.2, 0.25) is 5.91 Å². The smallest absolute Gasteiger partial charge is 0.243 e. The summed E-state index contributed by atoms with van der Waals surface area (Å²) in [4.78, 5) is 12.5. The highest BCUT2D eigenvalue weighted by Gasteiger charge is 2.20. The first-order chi connectivity index (χ1) is 6.67. The fourth-order valence-corrected chi connectivity index (χ4v) is 0.868. The van der Waals surface area contributed by atoms with Crippen LogP contribution in [0.5, 0.6) is 0 Å². The van der Waals surface area contributed by atoms with Gasteiger partial charge in [0.15, 0.2) is 0 Å². The SMILES string of the molecule is COCC(N)C(=O)N(CC#N)CC#N. The van der Waals surface area contributed by atoms with Crippen LogP contribution in [0.4, 0.5) is 0 Å². The van der Waals surface area contributed by atoms with E-state index in [0.29, 0.717) is 0 Å². The number of hydrogen-bond donors (Lipinski definition) is 1. The summed E-state index contributed by atoms with van der Waals surface area (Å²) in [6, 6.07) is 2.76. The van der Waals surface area contributed by atoms with E-state index in [4.69, 9.17) is 21.0 Å². The number of nitrogens with zero attached hydrogens (tertiary/aromatic N) is 3. The molecule has 76 valence electrons. The third-order valence-corrected chi connectivity index (χ3v) is 1.50.